The number of fused-ring (bicyclic) bond motifs is 1. The first-order valence-corrected chi connectivity index (χ1v) is 10.1. The summed E-state index contributed by atoms with van der Waals surface area (Å²) in [5.74, 6) is 0.567. The Bertz CT molecular complexity index is 1040. The molecule has 1 unspecified atom stereocenters. The third-order valence-electron chi connectivity index (χ3n) is 5.96. The van der Waals surface area contributed by atoms with E-state index in [1.807, 2.05) is 30.5 Å². The van der Waals surface area contributed by atoms with Crippen molar-refractivity contribution in [2.75, 3.05) is 27.3 Å². The fourth-order valence-corrected chi connectivity index (χ4v) is 4.32. The van der Waals surface area contributed by atoms with Crippen molar-refractivity contribution in [1.29, 1.82) is 0 Å². The number of pyridine rings is 1. The first-order valence-electron chi connectivity index (χ1n) is 10.1. The molecule has 1 fully saturated rings. The number of nitrogens with zero attached hydrogens (tertiary/aromatic N) is 2. The highest BCUT2D eigenvalue weighted by Gasteiger charge is 2.32. The zero-order chi connectivity index (χ0) is 21.1. The van der Waals surface area contributed by atoms with Gasteiger partial charge in [-0.3, -0.25) is 14.7 Å². The standard InChI is InChI=1S/C24H26N2O4/c1-29-20-5-6-22(30-2)21(14-20)23(26-11-8-16(9-12-26)24(27)28)18-3-4-19-15-25-10-7-17(19)13-18/h3-7,10,13-16,23H,8-9,11-12H2,1-2H3,(H,27,28). The van der Waals surface area contributed by atoms with Crippen LogP contribution in [-0.4, -0.2) is 48.3 Å². The highest BCUT2D eigenvalue weighted by atomic mass is 16.5. The molecule has 156 valence electrons. The number of aromatic nitrogens is 1. The first-order chi connectivity index (χ1) is 14.6. The van der Waals surface area contributed by atoms with Crippen LogP contribution in [0.2, 0.25) is 0 Å². The van der Waals surface area contributed by atoms with Crippen molar-refractivity contribution in [3.05, 3.63) is 66.0 Å². The van der Waals surface area contributed by atoms with E-state index >= 15 is 0 Å². The van der Waals surface area contributed by atoms with Gasteiger partial charge in [-0.1, -0.05) is 12.1 Å². The fraction of sp³-hybridized carbons (Fsp3) is 0.333. The minimum atomic E-state index is -0.705. The average Bonchev–Trinajstić information content (AvgIpc) is 2.79. The maximum Gasteiger partial charge on any atom is 0.306 e. The van der Waals surface area contributed by atoms with Crippen molar-refractivity contribution >= 4 is 16.7 Å². The Morgan fingerprint density at radius 2 is 1.87 bits per heavy atom. The third kappa shape index (κ3) is 3.96. The van der Waals surface area contributed by atoms with Crippen LogP contribution in [0.25, 0.3) is 10.8 Å². The lowest BCUT2D eigenvalue weighted by Crippen LogP contribution is -2.39. The lowest BCUT2D eigenvalue weighted by molar-refractivity contribution is -0.143. The van der Waals surface area contributed by atoms with Crippen LogP contribution in [0.4, 0.5) is 0 Å². The number of hydrogen-bond acceptors (Lipinski definition) is 5. The average molecular weight is 406 g/mol. The van der Waals surface area contributed by atoms with Crippen molar-refractivity contribution in [1.82, 2.24) is 9.88 Å². The molecule has 1 saturated heterocycles. The second-order valence-electron chi connectivity index (χ2n) is 7.64. The molecule has 6 heteroatoms. The van der Waals surface area contributed by atoms with Crippen LogP contribution in [0.1, 0.15) is 30.0 Å². The van der Waals surface area contributed by atoms with E-state index in [9.17, 15) is 9.90 Å². The van der Waals surface area contributed by atoms with Crippen molar-refractivity contribution in [3.63, 3.8) is 0 Å². The van der Waals surface area contributed by atoms with Gasteiger partial charge in [0, 0.05) is 23.3 Å². The molecule has 0 bridgehead atoms. The van der Waals surface area contributed by atoms with E-state index in [1.54, 1.807) is 20.4 Å². The summed E-state index contributed by atoms with van der Waals surface area (Å²) in [6.07, 6.45) is 4.93. The van der Waals surface area contributed by atoms with Gasteiger partial charge in [0.2, 0.25) is 0 Å². The lowest BCUT2D eigenvalue weighted by Gasteiger charge is -2.37. The smallest absolute Gasteiger partial charge is 0.306 e. The number of hydrogen-bond donors (Lipinski definition) is 1. The van der Waals surface area contributed by atoms with Gasteiger partial charge < -0.3 is 14.6 Å². The molecule has 1 N–H and O–H groups in total. The van der Waals surface area contributed by atoms with Gasteiger partial charge in [-0.2, -0.15) is 0 Å². The van der Waals surface area contributed by atoms with Crippen molar-refractivity contribution in [3.8, 4) is 11.5 Å². The maximum atomic E-state index is 11.4. The largest absolute Gasteiger partial charge is 0.497 e. The Labute approximate surface area is 176 Å². The predicted octanol–water partition coefficient (Wildman–Crippen LogP) is 4.14. The van der Waals surface area contributed by atoms with Crippen molar-refractivity contribution < 1.29 is 19.4 Å². The van der Waals surface area contributed by atoms with E-state index in [1.165, 1.54) is 0 Å². The van der Waals surface area contributed by atoms with Crippen LogP contribution in [0.3, 0.4) is 0 Å². The van der Waals surface area contributed by atoms with Gasteiger partial charge in [-0.15, -0.1) is 0 Å². The van der Waals surface area contributed by atoms with Crippen molar-refractivity contribution in [2.45, 2.75) is 18.9 Å². The summed E-state index contributed by atoms with van der Waals surface area (Å²) < 4.78 is 11.2. The van der Waals surface area contributed by atoms with Crippen LogP contribution >= 0.6 is 0 Å². The molecule has 1 aliphatic rings. The molecule has 4 rings (SSSR count). The second-order valence-corrected chi connectivity index (χ2v) is 7.64. The minimum Gasteiger partial charge on any atom is -0.497 e. The van der Waals surface area contributed by atoms with Gasteiger partial charge in [0.1, 0.15) is 11.5 Å². The Hall–Kier alpha value is -3.12. The molecule has 6 nitrogen and oxygen atoms in total. The van der Waals surface area contributed by atoms with E-state index in [0.29, 0.717) is 25.9 Å². The van der Waals surface area contributed by atoms with E-state index in [4.69, 9.17) is 9.47 Å². The number of aliphatic carboxylic acids is 1. The van der Waals surface area contributed by atoms with Crippen LogP contribution in [-0.2, 0) is 4.79 Å². The minimum absolute atomic E-state index is 0.0673. The van der Waals surface area contributed by atoms with Gasteiger partial charge in [0.25, 0.3) is 0 Å². The molecule has 2 aromatic carbocycles. The van der Waals surface area contributed by atoms with E-state index in [2.05, 4.69) is 28.1 Å². The van der Waals surface area contributed by atoms with Gasteiger partial charge in [-0.25, -0.2) is 0 Å². The number of benzene rings is 2. The highest BCUT2D eigenvalue weighted by molar-refractivity contribution is 5.82. The number of piperidine rings is 1. The molecule has 1 aliphatic heterocycles. The number of carboxylic acids is 1. The molecule has 30 heavy (non-hydrogen) atoms. The topological polar surface area (TPSA) is 71.9 Å². The van der Waals surface area contributed by atoms with Gasteiger partial charge in [0.05, 0.1) is 26.2 Å². The van der Waals surface area contributed by atoms with Crippen LogP contribution < -0.4 is 9.47 Å². The van der Waals surface area contributed by atoms with Crippen LogP contribution in [0.5, 0.6) is 11.5 Å². The molecular weight excluding hydrogens is 380 g/mol. The zero-order valence-corrected chi connectivity index (χ0v) is 17.2. The lowest BCUT2D eigenvalue weighted by atomic mass is 9.90. The maximum absolute atomic E-state index is 11.4. The Kier molecular flexibility index (Phi) is 5.86. The molecule has 1 atom stereocenters. The van der Waals surface area contributed by atoms with Gasteiger partial charge >= 0.3 is 5.97 Å². The number of likely N-dealkylation sites (tertiary alicyclic amines) is 1. The number of carbonyl (C=O) groups is 1. The van der Waals surface area contributed by atoms with Gasteiger partial charge in [0.15, 0.2) is 0 Å². The number of rotatable bonds is 6. The molecular formula is C24H26N2O4. The fourth-order valence-electron chi connectivity index (χ4n) is 4.32. The Morgan fingerprint density at radius 3 is 2.57 bits per heavy atom. The summed E-state index contributed by atoms with van der Waals surface area (Å²) in [7, 11) is 3.33. The number of methoxy groups -OCH3 is 2. The summed E-state index contributed by atoms with van der Waals surface area (Å²) in [4.78, 5) is 18.0. The zero-order valence-electron chi connectivity index (χ0n) is 17.2. The quantitative estimate of drug-likeness (QED) is 0.663. The number of ether oxygens (including phenoxy) is 2. The first kappa shape index (κ1) is 20.2. The molecule has 2 heterocycles. The monoisotopic (exact) mass is 406 g/mol. The van der Waals surface area contributed by atoms with Crippen LogP contribution in [0.15, 0.2) is 54.9 Å². The Balaban J connectivity index is 1.80. The molecule has 0 radical (unpaired) electrons. The molecule has 0 spiro atoms. The summed E-state index contributed by atoms with van der Waals surface area (Å²) in [6.45, 7) is 1.41. The molecule has 3 aromatic rings. The number of carboxylic acid groups (broad SMARTS) is 1. The summed E-state index contributed by atoms with van der Waals surface area (Å²) in [6, 6.07) is 14.2. The second kappa shape index (κ2) is 8.71. The summed E-state index contributed by atoms with van der Waals surface area (Å²) >= 11 is 0. The summed E-state index contributed by atoms with van der Waals surface area (Å²) in [5.41, 5.74) is 2.15. The Morgan fingerprint density at radius 1 is 1.07 bits per heavy atom. The highest BCUT2D eigenvalue weighted by Crippen LogP contribution is 2.39. The van der Waals surface area contributed by atoms with E-state index in [-0.39, 0.29) is 12.0 Å². The molecule has 1 aromatic heterocycles. The van der Waals surface area contributed by atoms with Gasteiger partial charge in [-0.05, 0) is 67.2 Å². The SMILES string of the molecule is COc1ccc(OC)c(C(c2ccc3cnccc3c2)N2CCC(C(=O)O)CC2)c1. The van der Waals surface area contributed by atoms with E-state index in [0.717, 1.165) is 33.4 Å². The van der Waals surface area contributed by atoms with E-state index < -0.39 is 5.97 Å². The predicted molar refractivity (Wildman–Crippen MR) is 115 cm³/mol. The third-order valence-corrected chi connectivity index (χ3v) is 5.96. The molecule has 0 saturated carbocycles. The van der Waals surface area contributed by atoms with Crippen LogP contribution in [0, 0.1) is 5.92 Å². The molecule has 0 aliphatic carbocycles. The van der Waals surface area contributed by atoms with Crippen molar-refractivity contribution in [2.24, 2.45) is 5.92 Å². The molecule has 0 amide bonds. The summed E-state index contributed by atoms with van der Waals surface area (Å²) in [5, 5.41) is 11.6. The normalized spacial score (nSPS) is 16.3.